The number of carbonyl (C=O) groups is 2. The van der Waals surface area contributed by atoms with Crippen LogP contribution >= 0.6 is 11.3 Å². The van der Waals surface area contributed by atoms with E-state index in [2.05, 4.69) is 4.99 Å². The Morgan fingerprint density at radius 1 is 1.09 bits per heavy atom. The SMILES string of the molecule is COC(=O)c1ccc2c(c1)sc(=NC(=O)c1ccc(S(=O)(=O)N3CCCC[C@@H]3C)cc1)n2C. The number of carbonyl (C=O) groups excluding carboxylic acids is 2. The molecule has 0 N–H and O–H groups in total. The van der Waals surface area contributed by atoms with Gasteiger partial charge in [0.1, 0.15) is 0 Å². The van der Waals surface area contributed by atoms with Crippen molar-refractivity contribution in [1.82, 2.24) is 8.87 Å². The fourth-order valence-electron chi connectivity index (χ4n) is 3.97. The summed E-state index contributed by atoms with van der Waals surface area (Å²) < 4.78 is 34.9. The molecular weight excluding hydrogens is 462 g/mol. The molecule has 33 heavy (non-hydrogen) atoms. The fraction of sp³-hybridized carbons (Fsp3) is 0.348. The maximum atomic E-state index is 13.0. The lowest BCUT2D eigenvalue weighted by molar-refractivity contribution is 0.0600. The molecule has 0 unspecified atom stereocenters. The van der Waals surface area contributed by atoms with Gasteiger partial charge in [-0.25, -0.2) is 13.2 Å². The summed E-state index contributed by atoms with van der Waals surface area (Å²) in [6, 6.07) is 11.0. The number of hydrogen-bond donors (Lipinski definition) is 0. The molecule has 10 heteroatoms. The summed E-state index contributed by atoms with van der Waals surface area (Å²) in [5.41, 5.74) is 1.55. The molecule has 8 nitrogen and oxygen atoms in total. The molecule has 174 valence electrons. The van der Waals surface area contributed by atoms with Gasteiger partial charge in [-0.15, -0.1) is 0 Å². The van der Waals surface area contributed by atoms with Crippen LogP contribution in [0.25, 0.3) is 10.2 Å². The largest absolute Gasteiger partial charge is 0.465 e. The number of ether oxygens (including phenoxy) is 1. The first-order chi connectivity index (χ1) is 15.7. The molecule has 0 spiro atoms. The minimum Gasteiger partial charge on any atom is -0.465 e. The highest BCUT2D eigenvalue weighted by atomic mass is 32.2. The molecule has 2 heterocycles. The van der Waals surface area contributed by atoms with Gasteiger partial charge in [-0.05, 0) is 62.2 Å². The highest BCUT2D eigenvalue weighted by Gasteiger charge is 2.30. The van der Waals surface area contributed by atoms with E-state index in [-0.39, 0.29) is 10.9 Å². The number of hydrogen-bond acceptors (Lipinski definition) is 6. The van der Waals surface area contributed by atoms with Crippen molar-refractivity contribution in [1.29, 1.82) is 0 Å². The Labute approximate surface area is 196 Å². The van der Waals surface area contributed by atoms with Crippen LogP contribution in [0.4, 0.5) is 0 Å². The van der Waals surface area contributed by atoms with Crippen molar-refractivity contribution in [3.63, 3.8) is 0 Å². The molecule has 1 saturated heterocycles. The van der Waals surface area contributed by atoms with E-state index in [1.165, 1.54) is 47.0 Å². The molecule has 1 aromatic heterocycles. The second-order valence-corrected chi connectivity index (χ2v) is 10.9. The standard InChI is InChI=1S/C23H25N3O5S2/c1-15-6-4-5-13-26(15)33(29,30)18-10-7-16(8-11-18)21(27)24-23-25(2)19-12-9-17(22(28)31-3)14-20(19)32-23/h7-12,14-15H,4-6,13H2,1-3H3/t15-/m0/s1. The molecule has 1 atom stereocenters. The van der Waals surface area contributed by atoms with Crippen molar-refractivity contribution in [2.24, 2.45) is 12.0 Å². The van der Waals surface area contributed by atoms with Crippen LogP contribution in [0.2, 0.25) is 0 Å². The Morgan fingerprint density at radius 2 is 1.79 bits per heavy atom. The van der Waals surface area contributed by atoms with Crippen LogP contribution in [-0.4, -0.2) is 48.9 Å². The zero-order valence-electron chi connectivity index (χ0n) is 18.6. The third kappa shape index (κ3) is 4.50. The number of methoxy groups -OCH3 is 1. The molecule has 1 aliphatic heterocycles. The van der Waals surface area contributed by atoms with Gasteiger partial charge in [0.15, 0.2) is 4.80 Å². The summed E-state index contributed by atoms with van der Waals surface area (Å²) in [6.45, 7) is 2.44. The van der Waals surface area contributed by atoms with Crippen molar-refractivity contribution in [3.05, 3.63) is 58.4 Å². The third-order valence-electron chi connectivity index (χ3n) is 5.88. The lowest BCUT2D eigenvalue weighted by atomic mass is 10.1. The van der Waals surface area contributed by atoms with Gasteiger partial charge in [-0.3, -0.25) is 4.79 Å². The van der Waals surface area contributed by atoms with E-state index in [4.69, 9.17) is 4.74 Å². The van der Waals surface area contributed by atoms with Gasteiger partial charge >= 0.3 is 5.97 Å². The van der Waals surface area contributed by atoms with Gasteiger partial charge < -0.3 is 9.30 Å². The number of amides is 1. The number of sulfonamides is 1. The van der Waals surface area contributed by atoms with E-state index >= 15 is 0 Å². The number of aromatic nitrogens is 1. The molecule has 0 aliphatic carbocycles. The molecule has 0 bridgehead atoms. The molecule has 0 radical (unpaired) electrons. The summed E-state index contributed by atoms with van der Waals surface area (Å²) in [5.74, 6) is -0.905. The van der Waals surface area contributed by atoms with Crippen molar-refractivity contribution in [2.75, 3.05) is 13.7 Å². The number of piperidine rings is 1. The van der Waals surface area contributed by atoms with Crippen molar-refractivity contribution >= 4 is 43.5 Å². The second kappa shape index (κ2) is 9.20. The zero-order chi connectivity index (χ0) is 23.8. The number of nitrogens with zero attached hydrogens (tertiary/aromatic N) is 3. The maximum absolute atomic E-state index is 13.0. The van der Waals surface area contributed by atoms with E-state index in [9.17, 15) is 18.0 Å². The molecule has 1 fully saturated rings. The Hall–Kier alpha value is -2.82. The van der Waals surface area contributed by atoms with Crippen LogP contribution in [0.3, 0.4) is 0 Å². The molecule has 1 amide bonds. The third-order valence-corrected chi connectivity index (χ3v) is 9.00. The summed E-state index contributed by atoms with van der Waals surface area (Å²) in [5, 5.41) is 0. The van der Waals surface area contributed by atoms with Crippen LogP contribution in [0.15, 0.2) is 52.4 Å². The lowest BCUT2D eigenvalue weighted by Crippen LogP contribution is -2.41. The molecular formula is C23H25N3O5S2. The van der Waals surface area contributed by atoms with Gasteiger partial charge in [0.25, 0.3) is 5.91 Å². The van der Waals surface area contributed by atoms with Gasteiger partial charge in [0.2, 0.25) is 10.0 Å². The van der Waals surface area contributed by atoms with E-state index in [0.717, 1.165) is 29.5 Å². The summed E-state index contributed by atoms with van der Waals surface area (Å²) >= 11 is 1.28. The van der Waals surface area contributed by atoms with E-state index in [1.807, 2.05) is 6.92 Å². The quantitative estimate of drug-likeness (QED) is 0.526. The number of aryl methyl sites for hydroxylation is 1. The zero-order valence-corrected chi connectivity index (χ0v) is 20.3. The molecule has 0 saturated carbocycles. The van der Waals surface area contributed by atoms with E-state index in [1.54, 1.807) is 29.8 Å². The van der Waals surface area contributed by atoms with Crippen LogP contribution in [0.1, 0.15) is 46.9 Å². The first kappa shape index (κ1) is 23.3. The minimum absolute atomic E-state index is 0.0345. The Balaban J connectivity index is 1.62. The average Bonchev–Trinajstić information content (AvgIpc) is 3.13. The summed E-state index contributed by atoms with van der Waals surface area (Å²) in [6.07, 6.45) is 2.73. The fourth-order valence-corrected chi connectivity index (χ4v) is 6.73. The molecule has 4 rings (SSSR count). The molecule has 3 aromatic rings. The van der Waals surface area contributed by atoms with Crippen LogP contribution in [-0.2, 0) is 21.8 Å². The predicted molar refractivity (Wildman–Crippen MR) is 126 cm³/mol. The smallest absolute Gasteiger partial charge is 0.337 e. The first-order valence-electron chi connectivity index (χ1n) is 10.6. The van der Waals surface area contributed by atoms with Gasteiger partial charge in [0.05, 0.1) is 27.8 Å². The van der Waals surface area contributed by atoms with Crippen LogP contribution in [0, 0.1) is 0 Å². The van der Waals surface area contributed by atoms with Gasteiger partial charge in [-0.2, -0.15) is 9.30 Å². The van der Waals surface area contributed by atoms with E-state index < -0.39 is 21.9 Å². The van der Waals surface area contributed by atoms with E-state index in [0.29, 0.717) is 22.5 Å². The monoisotopic (exact) mass is 487 g/mol. The summed E-state index contributed by atoms with van der Waals surface area (Å²) in [4.78, 5) is 29.4. The number of thiazole rings is 1. The predicted octanol–water partition coefficient (Wildman–Crippen LogP) is 3.33. The number of rotatable bonds is 4. The lowest BCUT2D eigenvalue weighted by Gasteiger charge is -2.32. The van der Waals surface area contributed by atoms with Crippen molar-refractivity contribution in [2.45, 2.75) is 37.1 Å². The topological polar surface area (TPSA) is 98.0 Å². The first-order valence-corrected chi connectivity index (χ1v) is 12.9. The van der Waals surface area contributed by atoms with Crippen molar-refractivity contribution in [3.8, 4) is 0 Å². The van der Waals surface area contributed by atoms with Crippen molar-refractivity contribution < 1.29 is 22.7 Å². The Kier molecular flexibility index (Phi) is 6.51. The van der Waals surface area contributed by atoms with Gasteiger partial charge in [-0.1, -0.05) is 17.8 Å². The number of benzene rings is 2. The number of esters is 1. The minimum atomic E-state index is -3.60. The van der Waals surface area contributed by atoms with Gasteiger partial charge in [0, 0.05) is 25.2 Å². The Bertz CT molecular complexity index is 1390. The van der Waals surface area contributed by atoms with Crippen LogP contribution in [0.5, 0.6) is 0 Å². The van der Waals surface area contributed by atoms with Crippen LogP contribution < -0.4 is 4.80 Å². The summed E-state index contributed by atoms with van der Waals surface area (Å²) in [7, 11) is -0.485. The highest BCUT2D eigenvalue weighted by molar-refractivity contribution is 7.89. The molecule has 2 aromatic carbocycles. The highest BCUT2D eigenvalue weighted by Crippen LogP contribution is 2.25. The average molecular weight is 488 g/mol. The maximum Gasteiger partial charge on any atom is 0.337 e. The Morgan fingerprint density at radius 3 is 2.45 bits per heavy atom. The number of fused-ring (bicyclic) bond motifs is 1. The second-order valence-electron chi connectivity index (χ2n) is 8.02. The molecule has 1 aliphatic rings. The normalized spacial score (nSPS) is 17.9.